The molecule has 4 nitrogen and oxygen atoms in total. The molecule has 1 amide bonds. The van der Waals surface area contributed by atoms with Crippen LogP contribution in [-0.4, -0.2) is 24.0 Å². The largest absolute Gasteiger partial charge is 0.497 e. The minimum atomic E-state index is -0.0417. The van der Waals surface area contributed by atoms with Gasteiger partial charge in [0.15, 0.2) is 0 Å². The van der Waals surface area contributed by atoms with Crippen molar-refractivity contribution in [2.45, 2.75) is 45.1 Å². The zero-order chi connectivity index (χ0) is 20.5. The van der Waals surface area contributed by atoms with Crippen molar-refractivity contribution < 1.29 is 9.53 Å². The van der Waals surface area contributed by atoms with E-state index in [1.54, 1.807) is 19.4 Å². The van der Waals surface area contributed by atoms with Crippen LogP contribution in [0.1, 0.15) is 43.7 Å². The molecule has 0 spiro atoms. The number of carbonyl (C=O) groups is 1. The lowest BCUT2D eigenvalue weighted by atomic mass is 10.0. The standard InChI is InChI=1S/C25H30N2O2/c1-19(6-3-7-20-8-5-17-26-18-20)27-25(28)10-4-9-24(21-11-12-21)22-13-15-23(29-2)16-14-22/h4-5,8-10,13-19,21H,3,6-7,11-12H2,1-2H3,(H,27,28)/b10-4+,24-9-/t19-/m1/s1. The van der Waals surface area contributed by atoms with E-state index in [4.69, 9.17) is 4.74 Å². The summed E-state index contributed by atoms with van der Waals surface area (Å²) in [4.78, 5) is 16.4. The zero-order valence-corrected chi connectivity index (χ0v) is 17.3. The maximum atomic E-state index is 12.2. The molecule has 1 aromatic heterocycles. The summed E-state index contributed by atoms with van der Waals surface area (Å²) in [5, 5.41) is 3.05. The number of nitrogens with zero attached hydrogens (tertiary/aromatic N) is 1. The van der Waals surface area contributed by atoms with Crippen LogP contribution in [0.15, 0.2) is 67.0 Å². The first-order valence-electron chi connectivity index (χ1n) is 10.4. The number of nitrogens with one attached hydrogen (secondary N) is 1. The summed E-state index contributed by atoms with van der Waals surface area (Å²) >= 11 is 0. The average molecular weight is 391 g/mol. The highest BCUT2D eigenvalue weighted by atomic mass is 16.5. The minimum absolute atomic E-state index is 0.0417. The third kappa shape index (κ3) is 6.90. The van der Waals surface area contributed by atoms with E-state index in [2.05, 4.69) is 41.5 Å². The summed E-state index contributed by atoms with van der Waals surface area (Å²) in [6.07, 6.45) is 14.7. The van der Waals surface area contributed by atoms with Gasteiger partial charge >= 0.3 is 0 Å². The summed E-state index contributed by atoms with van der Waals surface area (Å²) in [5.74, 6) is 1.42. The van der Waals surface area contributed by atoms with E-state index in [9.17, 15) is 4.79 Å². The second-order valence-corrected chi connectivity index (χ2v) is 7.65. The van der Waals surface area contributed by atoms with Crippen LogP contribution in [0.3, 0.4) is 0 Å². The Bertz CT molecular complexity index is 837. The first kappa shape index (κ1) is 20.8. The number of ether oxygens (including phenoxy) is 1. The quantitative estimate of drug-likeness (QED) is 0.460. The molecule has 4 heteroatoms. The van der Waals surface area contributed by atoms with Gasteiger partial charge in [-0.3, -0.25) is 9.78 Å². The van der Waals surface area contributed by atoms with E-state index >= 15 is 0 Å². The molecule has 0 saturated heterocycles. The van der Waals surface area contributed by atoms with Gasteiger partial charge in [-0.1, -0.05) is 30.4 Å². The number of allylic oxidation sites excluding steroid dienone is 3. The Labute approximate surface area is 173 Å². The van der Waals surface area contributed by atoms with E-state index in [0.717, 1.165) is 25.0 Å². The maximum absolute atomic E-state index is 12.2. The van der Waals surface area contributed by atoms with Crippen molar-refractivity contribution in [3.63, 3.8) is 0 Å². The minimum Gasteiger partial charge on any atom is -0.497 e. The molecule has 1 atom stereocenters. The molecule has 1 heterocycles. The van der Waals surface area contributed by atoms with Crippen molar-refractivity contribution in [3.05, 3.63) is 78.1 Å². The predicted molar refractivity (Wildman–Crippen MR) is 118 cm³/mol. The first-order chi connectivity index (χ1) is 14.2. The number of benzene rings is 1. The second kappa shape index (κ2) is 10.6. The van der Waals surface area contributed by atoms with Crippen LogP contribution < -0.4 is 10.1 Å². The Balaban J connectivity index is 1.47. The van der Waals surface area contributed by atoms with E-state index in [1.165, 1.54) is 29.5 Å². The Morgan fingerprint density at radius 2 is 2.07 bits per heavy atom. The van der Waals surface area contributed by atoms with E-state index in [1.807, 2.05) is 30.5 Å². The van der Waals surface area contributed by atoms with Gasteiger partial charge in [-0.25, -0.2) is 0 Å². The van der Waals surface area contributed by atoms with Crippen molar-refractivity contribution in [3.8, 4) is 5.75 Å². The maximum Gasteiger partial charge on any atom is 0.244 e. The molecule has 1 saturated carbocycles. The lowest BCUT2D eigenvalue weighted by Crippen LogP contribution is -2.31. The summed E-state index contributed by atoms with van der Waals surface area (Å²) in [6.45, 7) is 2.05. The molecule has 3 rings (SSSR count). The van der Waals surface area contributed by atoms with Crippen LogP contribution in [0.5, 0.6) is 5.75 Å². The van der Waals surface area contributed by atoms with Gasteiger partial charge < -0.3 is 10.1 Å². The predicted octanol–water partition coefficient (Wildman–Crippen LogP) is 4.97. The summed E-state index contributed by atoms with van der Waals surface area (Å²) in [5.41, 5.74) is 3.73. The van der Waals surface area contributed by atoms with Crippen molar-refractivity contribution in [1.82, 2.24) is 10.3 Å². The van der Waals surface area contributed by atoms with Gasteiger partial charge in [0.05, 0.1) is 7.11 Å². The third-order valence-electron chi connectivity index (χ3n) is 5.18. The Hall–Kier alpha value is -2.88. The van der Waals surface area contributed by atoms with Crippen LogP contribution in [0, 0.1) is 5.92 Å². The fourth-order valence-electron chi connectivity index (χ4n) is 3.41. The van der Waals surface area contributed by atoms with Gasteiger partial charge in [-0.05, 0) is 79.8 Å². The number of aryl methyl sites for hydroxylation is 1. The van der Waals surface area contributed by atoms with Crippen molar-refractivity contribution >= 4 is 11.5 Å². The van der Waals surface area contributed by atoms with E-state index < -0.39 is 0 Å². The van der Waals surface area contributed by atoms with Gasteiger partial charge in [-0.15, -0.1) is 0 Å². The molecular formula is C25H30N2O2. The van der Waals surface area contributed by atoms with Crippen LogP contribution in [0.4, 0.5) is 0 Å². The van der Waals surface area contributed by atoms with Gasteiger partial charge in [0.25, 0.3) is 0 Å². The number of rotatable bonds is 10. The number of aromatic nitrogens is 1. The zero-order valence-electron chi connectivity index (χ0n) is 17.3. The van der Waals surface area contributed by atoms with E-state index in [-0.39, 0.29) is 11.9 Å². The van der Waals surface area contributed by atoms with Gasteiger partial charge in [-0.2, -0.15) is 0 Å². The lowest BCUT2D eigenvalue weighted by molar-refractivity contribution is -0.117. The SMILES string of the molecule is COc1ccc(/C(=C\C=C\C(=O)N[C@H](C)CCCc2cccnc2)C2CC2)cc1. The highest BCUT2D eigenvalue weighted by Gasteiger charge is 2.26. The fraction of sp³-hybridized carbons (Fsp3) is 0.360. The van der Waals surface area contributed by atoms with Crippen LogP contribution in [0.2, 0.25) is 0 Å². The second-order valence-electron chi connectivity index (χ2n) is 7.65. The fourth-order valence-corrected chi connectivity index (χ4v) is 3.41. The van der Waals surface area contributed by atoms with Gasteiger partial charge in [0, 0.05) is 24.5 Å². The van der Waals surface area contributed by atoms with Crippen molar-refractivity contribution in [2.75, 3.05) is 7.11 Å². The van der Waals surface area contributed by atoms with Crippen LogP contribution in [-0.2, 0) is 11.2 Å². The molecular weight excluding hydrogens is 360 g/mol. The molecule has 1 aliphatic carbocycles. The molecule has 1 aromatic carbocycles. The number of amides is 1. The average Bonchev–Trinajstić information content (AvgIpc) is 3.57. The molecule has 0 unspecified atom stereocenters. The molecule has 1 N–H and O–H groups in total. The Morgan fingerprint density at radius 1 is 1.28 bits per heavy atom. The topological polar surface area (TPSA) is 51.2 Å². The third-order valence-corrected chi connectivity index (χ3v) is 5.18. The van der Waals surface area contributed by atoms with E-state index in [0.29, 0.717) is 5.92 Å². The van der Waals surface area contributed by atoms with Crippen molar-refractivity contribution in [2.24, 2.45) is 5.92 Å². The summed E-state index contributed by atoms with van der Waals surface area (Å²) < 4.78 is 5.24. The number of hydrogen-bond donors (Lipinski definition) is 1. The molecule has 1 fully saturated rings. The summed E-state index contributed by atoms with van der Waals surface area (Å²) in [7, 11) is 1.67. The smallest absolute Gasteiger partial charge is 0.244 e. The number of hydrogen-bond acceptors (Lipinski definition) is 3. The molecule has 0 radical (unpaired) electrons. The first-order valence-corrected chi connectivity index (χ1v) is 10.4. The monoisotopic (exact) mass is 390 g/mol. The molecule has 0 aliphatic heterocycles. The van der Waals surface area contributed by atoms with Crippen LogP contribution in [0.25, 0.3) is 5.57 Å². The highest BCUT2D eigenvalue weighted by molar-refractivity contribution is 5.88. The van der Waals surface area contributed by atoms with Gasteiger partial charge in [0.1, 0.15) is 5.75 Å². The Morgan fingerprint density at radius 3 is 2.72 bits per heavy atom. The molecule has 1 aliphatic rings. The molecule has 0 bridgehead atoms. The molecule has 152 valence electrons. The molecule has 2 aromatic rings. The van der Waals surface area contributed by atoms with Crippen LogP contribution >= 0.6 is 0 Å². The number of carbonyl (C=O) groups excluding carboxylic acids is 1. The summed E-state index contributed by atoms with van der Waals surface area (Å²) in [6, 6.07) is 12.3. The van der Waals surface area contributed by atoms with Crippen molar-refractivity contribution in [1.29, 1.82) is 0 Å². The van der Waals surface area contributed by atoms with Gasteiger partial charge in [0.2, 0.25) is 5.91 Å². The molecule has 29 heavy (non-hydrogen) atoms. The lowest BCUT2D eigenvalue weighted by Gasteiger charge is -2.12. The Kier molecular flexibility index (Phi) is 7.62. The normalized spacial score (nSPS) is 15.3. The number of pyridine rings is 1. The number of methoxy groups -OCH3 is 1. The highest BCUT2D eigenvalue weighted by Crippen LogP contribution is 2.42.